The molecule has 3 aromatic rings. The van der Waals surface area contributed by atoms with Crippen LogP contribution in [0.1, 0.15) is 31.4 Å². The Bertz CT molecular complexity index is 1380. The maximum absolute atomic E-state index is 14.0. The quantitative estimate of drug-likeness (QED) is 0.330. The molecule has 0 aliphatic rings. The largest absolute Gasteiger partial charge is 0.355 e. The van der Waals surface area contributed by atoms with Crippen molar-refractivity contribution in [3.05, 3.63) is 94.0 Å². The molecule has 3 rings (SSSR count). The van der Waals surface area contributed by atoms with E-state index in [4.69, 9.17) is 23.2 Å². The van der Waals surface area contributed by atoms with Crippen molar-refractivity contribution in [2.45, 2.75) is 44.7 Å². The zero-order chi connectivity index (χ0) is 27.9. The molecule has 1 N–H and O–H groups in total. The van der Waals surface area contributed by atoms with Crippen molar-refractivity contribution in [3.63, 3.8) is 0 Å². The number of rotatable bonds is 11. The van der Waals surface area contributed by atoms with Gasteiger partial charge in [0.1, 0.15) is 12.6 Å². The number of amides is 2. The highest BCUT2D eigenvalue weighted by Gasteiger charge is 2.33. The highest BCUT2D eigenvalue weighted by molar-refractivity contribution is 7.92. The molecule has 0 aliphatic heterocycles. The van der Waals surface area contributed by atoms with Crippen LogP contribution in [0.25, 0.3) is 0 Å². The van der Waals surface area contributed by atoms with Gasteiger partial charge in [-0.15, -0.1) is 0 Å². The van der Waals surface area contributed by atoms with Crippen LogP contribution >= 0.6 is 23.2 Å². The summed E-state index contributed by atoms with van der Waals surface area (Å²) in [5.74, 6) is -0.878. The van der Waals surface area contributed by atoms with Crippen molar-refractivity contribution >= 4 is 50.7 Å². The van der Waals surface area contributed by atoms with Gasteiger partial charge in [0, 0.05) is 23.1 Å². The van der Waals surface area contributed by atoms with E-state index in [0.29, 0.717) is 34.3 Å². The molecule has 7 nitrogen and oxygen atoms in total. The van der Waals surface area contributed by atoms with Gasteiger partial charge < -0.3 is 10.2 Å². The standard InChI is InChI=1S/C28H31Cl2N3O4S/c1-4-26(28(35)31-5-2)32(18-21-14-15-22(29)17-25(21)30)27(34)19-33(23-11-9-10-20(3)16-23)38(36,37)24-12-7-6-8-13-24/h6-17,26H,4-5,18-19H2,1-3H3,(H,31,35)/t26-/m0/s1. The van der Waals surface area contributed by atoms with E-state index in [1.54, 1.807) is 68.4 Å². The van der Waals surface area contributed by atoms with Crippen molar-refractivity contribution in [2.24, 2.45) is 0 Å². The number of nitrogens with zero attached hydrogens (tertiary/aromatic N) is 2. The lowest BCUT2D eigenvalue weighted by Gasteiger charge is -2.33. The van der Waals surface area contributed by atoms with Crippen LogP contribution in [0.4, 0.5) is 5.69 Å². The molecule has 1 atom stereocenters. The summed E-state index contributed by atoms with van der Waals surface area (Å²) in [4.78, 5) is 28.4. The molecule has 0 aromatic heterocycles. The van der Waals surface area contributed by atoms with Crippen LogP contribution < -0.4 is 9.62 Å². The minimum atomic E-state index is -4.11. The number of aryl methyl sites for hydroxylation is 1. The van der Waals surface area contributed by atoms with Gasteiger partial charge in [-0.1, -0.05) is 66.5 Å². The maximum Gasteiger partial charge on any atom is 0.264 e. The van der Waals surface area contributed by atoms with Crippen LogP contribution in [0.5, 0.6) is 0 Å². The smallest absolute Gasteiger partial charge is 0.264 e. The van der Waals surface area contributed by atoms with Crippen molar-refractivity contribution in [2.75, 3.05) is 17.4 Å². The molecule has 0 saturated carbocycles. The molecule has 0 radical (unpaired) electrons. The summed E-state index contributed by atoms with van der Waals surface area (Å²) in [7, 11) is -4.11. The first-order valence-electron chi connectivity index (χ1n) is 12.2. The Balaban J connectivity index is 2.07. The molecular weight excluding hydrogens is 545 g/mol. The van der Waals surface area contributed by atoms with Crippen LogP contribution in [0.15, 0.2) is 77.7 Å². The zero-order valence-corrected chi connectivity index (χ0v) is 23.9. The van der Waals surface area contributed by atoms with E-state index in [9.17, 15) is 18.0 Å². The van der Waals surface area contributed by atoms with Crippen molar-refractivity contribution in [3.8, 4) is 0 Å². The van der Waals surface area contributed by atoms with Gasteiger partial charge in [0.05, 0.1) is 10.6 Å². The van der Waals surface area contributed by atoms with E-state index in [0.717, 1.165) is 9.87 Å². The molecule has 0 aliphatic carbocycles. The lowest BCUT2D eigenvalue weighted by molar-refractivity contribution is -0.140. The second kappa shape index (κ2) is 13.1. The predicted molar refractivity (Wildman–Crippen MR) is 152 cm³/mol. The Morgan fingerprint density at radius 2 is 1.66 bits per heavy atom. The molecule has 0 unspecified atom stereocenters. The number of nitrogens with one attached hydrogen (secondary N) is 1. The number of hydrogen-bond donors (Lipinski definition) is 1. The van der Waals surface area contributed by atoms with Gasteiger partial charge in [-0.25, -0.2) is 8.42 Å². The third-order valence-corrected chi connectivity index (χ3v) is 8.37. The van der Waals surface area contributed by atoms with Gasteiger partial charge in [0.15, 0.2) is 0 Å². The lowest BCUT2D eigenvalue weighted by Crippen LogP contribution is -2.52. The molecular formula is C28H31Cl2N3O4S. The van der Waals surface area contributed by atoms with Crippen LogP contribution in [-0.4, -0.2) is 44.3 Å². The normalized spacial score (nSPS) is 12.0. The summed E-state index contributed by atoms with van der Waals surface area (Å²) in [5.41, 5.74) is 1.76. The number of likely N-dealkylation sites (N-methyl/N-ethyl adjacent to an activating group) is 1. The van der Waals surface area contributed by atoms with E-state index in [1.165, 1.54) is 17.0 Å². The summed E-state index contributed by atoms with van der Waals surface area (Å²) in [5, 5.41) is 3.55. The molecule has 10 heteroatoms. The first-order valence-corrected chi connectivity index (χ1v) is 14.4. The van der Waals surface area contributed by atoms with Crippen molar-refractivity contribution in [1.29, 1.82) is 0 Å². The van der Waals surface area contributed by atoms with Gasteiger partial charge in [0.25, 0.3) is 10.0 Å². The molecule has 202 valence electrons. The summed E-state index contributed by atoms with van der Waals surface area (Å²) in [6.07, 6.45) is 0.318. The monoisotopic (exact) mass is 575 g/mol. The Morgan fingerprint density at radius 3 is 2.26 bits per heavy atom. The molecule has 0 saturated heterocycles. The molecule has 0 heterocycles. The third kappa shape index (κ3) is 7.07. The average Bonchev–Trinajstić information content (AvgIpc) is 2.88. The average molecular weight is 577 g/mol. The lowest BCUT2D eigenvalue weighted by atomic mass is 10.1. The summed E-state index contributed by atoms with van der Waals surface area (Å²) in [6.45, 7) is 5.30. The fourth-order valence-corrected chi connectivity index (χ4v) is 5.97. The van der Waals surface area contributed by atoms with Gasteiger partial charge >= 0.3 is 0 Å². The van der Waals surface area contributed by atoms with Gasteiger partial charge in [-0.3, -0.25) is 13.9 Å². The Labute approximate surface area is 234 Å². The van der Waals surface area contributed by atoms with Gasteiger partial charge in [-0.05, 0) is 67.8 Å². The minimum Gasteiger partial charge on any atom is -0.355 e. The Kier molecular flexibility index (Phi) is 10.2. The number of anilines is 1. The van der Waals surface area contributed by atoms with Crippen LogP contribution in [0.2, 0.25) is 10.0 Å². The molecule has 3 aromatic carbocycles. The topological polar surface area (TPSA) is 86.8 Å². The number of halogens is 2. The molecule has 0 bridgehead atoms. The number of benzene rings is 3. The summed E-state index contributed by atoms with van der Waals surface area (Å²) >= 11 is 12.5. The first-order chi connectivity index (χ1) is 18.1. The SMILES string of the molecule is CCNC(=O)[C@H](CC)N(Cc1ccc(Cl)cc1Cl)C(=O)CN(c1cccc(C)c1)S(=O)(=O)c1ccccc1. The molecule has 0 fully saturated rings. The van der Waals surface area contributed by atoms with Crippen LogP contribution in [0.3, 0.4) is 0 Å². The van der Waals surface area contributed by atoms with E-state index < -0.39 is 28.5 Å². The van der Waals surface area contributed by atoms with E-state index in [-0.39, 0.29) is 17.3 Å². The minimum absolute atomic E-state index is 0.00246. The summed E-state index contributed by atoms with van der Waals surface area (Å²) < 4.78 is 28.6. The van der Waals surface area contributed by atoms with Crippen molar-refractivity contribution in [1.82, 2.24) is 10.2 Å². The molecule has 0 spiro atoms. The van der Waals surface area contributed by atoms with Crippen molar-refractivity contribution < 1.29 is 18.0 Å². The fourth-order valence-electron chi connectivity index (χ4n) is 4.08. The highest BCUT2D eigenvalue weighted by atomic mass is 35.5. The number of sulfonamides is 1. The van der Waals surface area contributed by atoms with Gasteiger partial charge in [0.2, 0.25) is 11.8 Å². The fraction of sp³-hybridized carbons (Fsp3) is 0.286. The van der Waals surface area contributed by atoms with E-state index >= 15 is 0 Å². The molecule has 38 heavy (non-hydrogen) atoms. The van der Waals surface area contributed by atoms with Crippen LogP contribution in [-0.2, 0) is 26.2 Å². The highest BCUT2D eigenvalue weighted by Crippen LogP contribution is 2.27. The Morgan fingerprint density at radius 1 is 0.947 bits per heavy atom. The number of carbonyl (C=O) groups excluding carboxylic acids is 2. The van der Waals surface area contributed by atoms with E-state index in [2.05, 4.69) is 5.32 Å². The van der Waals surface area contributed by atoms with E-state index in [1.807, 2.05) is 13.0 Å². The third-order valence-electron chi connectivity index (χ3n) is 5.99. The maximum atomic E-state index is 14.0. The summed E-state index contributed by atoms with van der Waals surface area (Å²) in [6, 6.07) is 18.9. The number of hydrogen-bond acceptors (Lipinski definition) is 4. The van der Waals surface area contributed by atoms with Gasteiger partial charge in [-0.2, -0.15) is 0 Å². The second-order valence-electron chi connectivity index (χ2n) is 8.74. The number of carbonyl (C=O) groups is 2. The zero-order valence-electron chi connectivity index (χ0n) is 21.5. The van der Waals surface area contributed by atoms with Crippen LogP contribution in [0, 0.1) is 6.92 Å². The second-order valence-corrected chi connectivity index (χ2v) is 11.4. The first kappa shape index (κ1) is 29.5. The Hall–Kier alpha value is -3.07. The predicted octanol–water partition coefficient (Wildman–Crippen LogP) is 5.44. The molecule has 2 amide bonds.